The van der Waals surface area contributed by atoms with Crippen LogP contribution in [0.2, 0.25) is 0 Å². The van der Waals surface area contributed by atoms with E-state index in [1.54, 1.807) is 28.7 Å². The van der Waals surface area contributed by atoms with Crippen LogP contribution in [0.1, 0.15) is 28.2 Å². The smallest absolute Gasteiger partial charge is 0.274 e. The van der Waals surface area contributed by atoms with Crippen molar-refractivity contribution in [1.82, 2.24) is 4.98 Å². The lowest BCUT2D eigenvalue weighted by Gasteiger charge is -2.04. The third-order valence-corrected chi connectivity index (χ3v) is 2.54. The van der Waals surface area contributed by atoms with E-state index in [4.69, 9.17) is 16.9 Å². The van der Waals surface area contributed by atoms with E-state index in [1.165, 1.54) is 0 Å². The van der Waals surface area contributed by atoms with E-state index in [9.17, 15) is 13.6 Å². The number of nitriles is 1. The number of halogens is 4. The molecule has 0 spiro atoms. The number of hydrogen-bond donors (Lipinski definition) is 0. The number of pyridine rings is 1. The van der Waals surface area contributed by atoms with Gasteiger partial charge in [0.05, 0.1) is 5.56 Å². The van der Waals surface area contributed by atoms with Crippen LogP contribution in [0.15, 0.2) is 6.07 Å². The number of aromatic nitrogens is 1. The molecule has 0 aliphatic heterocycles. The van der Waals surface area contributed by atoms with Gasteiger partial charge in [-0.15, -0.1) is 0 Å². The Hall–Kier alpha value is -0.810. The minimum atomic E-state index is -2.80. The first-order valence-corrected chi connectivity index (χ1v) is 5.01. The average Bonchev–Trinajstić information content (AvgIpc) is 2.16. The lowest BCUT2D eigenvalue weighted by molar-refractivity contribution is 0.107. The van der Waals surface area contributed by atoms with E-state index in [2.05, 4.69) is 4.98 Å². The van der Waals surface area contributed by atoms with E-state index in [-0.39, 0.29) is 9.13 Å². The molecule has 1 rings (SSSR count). The van der Waals surface area contributed by atoms with Crippen molar-refractivity contribution in [2.75, 3.05) is 0 Å². The first-order chi connectivity index (χ1) is 6.97. The molecule has 15 heavy (non-hydrogen) atoms. The molecule has 0 saturated carbocycles. The summed E-state index contributed by atoms with van der Waals surface area (Å²) < 4.78 is 24.9. The summed E-state index contributed by atoms with van der Waals surface area (Å²) in [5.41, 5.74) is -1.08. The molecule has 1 aromatic heterocycles. The molecule has 1 heterocycles. The fraction of sp³-hybridized carbons (Fsp3) is 0.125. The minimum absolute atomic E-state index is 0.0833. The quantitative estimate of drug-likeness (QED) is 0.613. The van der Waals surface area contributed by atoms with Gasteiger partial charge in [0.1, 0.15) is 17.5 Å². The molecule has 0 atom stereocenters. The van der Waals surface area contributed by atoms with E-state index >= 15 is 0 Å². The summed E-state index contributed by atoms with van der Waals surface area (Å²) >= 11 is 6.81. The molecular formula is C8H2ClF2IN2O. The number of nitrogens with zero attached hydrogens (tertiary/aromatic N) is 2. The van der Waals surface area contributed by atoms with Gasteiger partial charge in [0.2, 0.25) is 0 Å². The number of carbonyl (C=O) groups is 1. The SMILES string of the molecule is N#Cc1c(I)cc(C(F)F)nc1C(=O)Cl. The summed E-state index contributed by atoms with van der Waals surface area (Å²) in [6.07, 6.45) is -2.80. The van der Waals surface area contributed by atoms with Crippen LogP contribution < -0.4 is 0 Å². The Morgan fingerprint density at radius 3 is 2.67 bits per heavy atom. The number of carbonyl (C=O) groups excluding carboxylic acids is 1. The van der Waals surface area contributed by atoms with Crippen LogP contribution in [0.25, 0.3) is 0 Å². The highest BCUT2D eigenvalue weighted by molar-refractivity contribution is 14.1. The molecule has 0 bridgehead atoms. The lowest BCUT2D eigenvalue weighted by Crippen LogP contribution is -2.05. The number of rotatable bonds is 2. The van der Waals surface area contributed by atoms with Crippen molar-refractivity contribution in [2.45, 2.75) is 6.43 Å². The lowest BCUT2D eigenvalue weighted by atomic mass is 10.2. The van der Waals surface area contributed by atoms with Gasteiger partial charge >= 0.3 is 0 Å². The second kappa shape index (κ2) is 4.81. The largest absolute Gasteiger partial charge is 0.280 e. The van der Waals surface area contributed by atoms with E-state index in [1.807, 2.05) is 0 Å². The predicted molar refractivity (Wildman–Crippen MR) is 56.8 cm³/mol. The molecule has 0 saturated heterocycles. The Labute approximate surface area is 102 Å². The molecular weight excluding hydrogens is 340 g/mol. The standard InChI is InChI=1S/C8H2ClF2IN2O/c9-7(15)6-3(2-13)4(12)1-5(14-6)8(10)11/h1,8H. The van der Waals surface area contributed by atoms with Crippen molar-refractivity contribution in [3.63, 3.8) is 0 Å². The van der Waals surface area contributed by atoms with Gasteiger partial charge in [-0.2, -0.15) is 5.26 Å². The van der Waals surface area contributed by atoms with Gasteiger partial charge in [-0.05, 0) is 40.3 Å². The molecule has 0 fully saturated rings. The zero-order valence-corrected chi connectivity index (χ0v) is 9.88. The first-order valence-electron chi connectivity index (χ1n) is 3.56. The van der Waals surface area contributed by atoms with Crippen LogP contribution in [0.3, 0.4) is 0 Å². The van der Waals surface area contributed by atoms with Crippen LogP contribution >= 0.6 is 34.2 Å². The topological polar surface area (TPSA) is 53.8 Å². The minimum Gasteiger partial charge on any atom is -0.274 e. The molecule has 0 aliphatic rings. The molecule has 0 aromatic carbocycles. The fourth-order valence-electron chi connectivity index (χ4n) is 0.893. The van der Waals surface area contributed by atoms with Crippen molar-refractivity contribution in [3.8, 4) is 6.07 Å². The van der Waals surface area contributed by atoms with Crippen molar-refractivity contribution < 1.29 is 13.6 Å². The zero-order valence-electron chi connectivity index (χ0n) is 6.97. The summed E-state index contributed by atoms with van der Waals surface area (Å²) in [5, 5.41) is 7.66. The Bertz CT molecular complexity index is 459. The third-order valence-electron chi connectivity index (χ3n) is 1.51. The Balaban J connectivity index is 3.47. The van der Waals surface area contributed by atoms with Gasteiger partial charge in [0.25, 0.3) is 11.7 Å². The van der Waals surface area contributed by atoms with E-state index < -0.39 is 23.1 Å². The van der Waals surface area contributed by atoms with Gasteiger partial charge in [0.15, 0.2) is 0 Å². The molecule has 0 radical (unpaired) electrons. The normalized spacial score (nSPS) is 10.1. The zero-order chi connectivity index (χ0) is 11.6. The van der Waals surface area contributed by atoms with Crippen molar-refractivity contribution in [1.29, 1.82) is 5.26 Å². The molecule has 1 aromatic rings. The fourth-order valence-corrected chi connectivity index (χ4v) is 1.72. The second-order valence-corrected chi connectivity index (χ2v) is 3.94. The average molecular weight is 342 g/mol. The number of hydrogen-bond acceptors (Lipinski definition) is 3. The predicted octanol–water partition coefficient (Wildman–Crippen LogP) is 2.87. The van der Waals surface area contributed by atoms with Crippen LogP contribution in [0.4, 0.5) is 8.78 Å². The molecule has 0 aliphatic carbocycles. The van der Waals surface area contributed by atoms with E-state index in [0.717, 1.165) is 6.07 Å². The third kappa shape index (κ3) is 2.60. The van der Waals surface area contributed by atoms with Gasteiger partial charge in [-0.25, -0.2) is 13.8 Å². The maximum atomic E-state index is 12.3. The molecule has 7 heteroatoms. The maximum Gasteiger partial charge on any atom is 0.280 e. The van der Waals surface area contributed by atoms with Gasteiger partial charge in [-0.1, -0.05) is 0 Å². The van der Waals surface area contributed by atoms with Crippen LogP contribution in [0.5, 0.6) is 0 Å². The van der Waals surface area contributed by atoms with Crippen molar-refractivity contribution in [2.24, 2.45) is 0 Å². The number of alkyl halides is 2. The van der Waals surface area contributed by atoms with Crippen LogP contribution in [-0.4, -0.2) is 10.2 Å². The molecule has 3 nitrogen and oxygen atoms in total. The van der Waals surface area contributed by atoms with Gasteiger partial charge < -0.3 is 0 Å². The van der Waals surface area contributed by atoms with Gasteiger partial charge in [0, 0.05) is 3.57 Å². The summed E-state index contributed by atoms with van der Waals surface area (Å²) in [6, 6.07) is 2.74. The summed E-state index contributed by atoms with van der Waals surface area (Å²) in [5.74, 6) is 0. The first kappa shape index (κ1) is 12.3. The van der Waals surface area contributed by atoms with Gasteiger partial charge in [-0.3, -0.25) is 4.79 Å². The van der Waals surface area contributed by atoms with Crippen LogP contribution in [-0.2, 0) is 0 Å². The highest BCUT2D eigenvalue weighted by atomic mass is 127. The highest BCUT2D eigenvalue weighted by Crippen LogP contribution is 2.23. The molecule has 0 amide bonds. The summed E-state index contributed by atoms with van der Waals surface area (Å²) in [4.78, 5) is 14.2. The van der Waals surface area contributed by atoms with Crippen LogP contribution in [0, 0.1) is 14.9 Å². The molecule has 0 unspecified atom stereocenters. The maximum absolute atomic E-state index is 12.3. The Morgan fingerprint density at radius 1 is 1.67 bits per heavy atom. The Morgan fingerprint density at radius 2 is 2.27 bits per heavy atom. The highest BCUT2D eigenvalue weighted by Gasteiger charge is 2.19. The summed E-state index contributed by atoms with van der Waals surface area (Å²) in [7, 11) is 0. The second-order valence-electron chi connectivity index (χ2n) is 2.44. The molecule has 78 valence electrons. The van der Waals surface area contributed by atoms with Crippen molar-refractivity contribution in [3.05, 3.63) is 26.6 Å². The van der Waals surface area contributed by atoms with E-state index in [0.29, 0.717) is 0 Å². The monoisotopic (exact) mass is 342 g/mol. The Kier molecular flexibility index (Phi) is 3.93. The van der Waals surface area contributed by atoms with Crippen molar-refractivity contribution >= 4 is 39.4 Å². The molecule has 0 N–H and O–H groups in total. The summed E-state index contributed by atoms with van der Waals surface area (Å²) in [6.45, 7) is 0.